The minimum Gasteiger partial charge on any atom is -0.166 e. The molecule has 0 bridgehead atoms. The smallest absolute Gasteiger partial charge is 0.166 e. The zero-order valence-electron chi connectivity index (χ0n) is 31.9. The van der Waals surface area contributed by atoms with E-state index < -0.39 is 56.7 Å². The van der Waals surface area contributed by atoms with Gasteiger partial charge in [0.1, 0.15) is 0 Å². The fourth-order valence-corrected chi connectivity index (χ4v) is 16.5. The fourth-order valence-electron chi connectivity index (χ4n) is 9.32. The quantitative estimate of drug-likeness (QED) is 0.123. The van der Waals surface area contributed by atoms with Gasteiger partial charge in [-0.15, -0.1) is 0 Å². The first kappa shape index (κ1) is 41.7. The van der Waals surface area contributed by atoms with Crippen LogP contribution < -0.4 is 21.2 Å². The van der Waals surface area contributed by atoms with Gasteiger partial charge >= 0.3 is 18.5 Å². The molecule has 0 amide bonds. The van der Waals surface area contributed by atoms with Crippen molar-refractivity contribution in [2.24, 2.45) is 5.92 Å². The Morgan fingerprint density at radius 3 is 1.42 bits per heavy atom. The number of alkyl halides is 9. The molecule has 2 saturated carbocycles. The minimum absolute atomic E-state index is 0.0930. The Morgan fingerprint density at radius 1 is 0.509 bits per heavy atom. The number of hydrogen-bond acceptors (Lipinski definition) is 0. The molecule has 4 atom stereocenters. The first-order chi connectivity index (χ1) is 25.6. The van der Waals surface area contributed by atoms with E-state index in [4.69, 9.17) is 0 Å². The van der Waals surface area contributed by atoms with E-state index in [0.29, 0.717) is 43.2 Å². The Bertz CT molecular complexity index is 1900. The van der Waals surface area contributed by atoms with Crippen LogP contribution >= 0.6 is 15.8 Å². The third kappa shape index (κ3) is 9.14. The maximum Gasteiger partial charge on any atom is 0.416 e. The van der Waals surface area contributed by atoms with Gasteiger partial charge in [0, 0.05) is 0 Å². The van der Waals surface area contributed by atoms with Crippen LogP contribution in [-0.4, -0.2) is 11.3 Å². The topological polar surface area (TPSA) is 0 Å². The summed E-state index contributed by atoms with van der Waals surface area (Å²) in [6.45, 7) is 11.9. The lowest BCUT2D eigenvalue weighted by molar-refractivity contribution is -0.143. The van der Waals surface area contributed by atoms with Gasteiger partial charge in [-0.25, -0.2) is 0 Å². The average molecular weight is 809 g/mol. The molecule has 0 aromatic heterocycles. The van der Waals surface area contributed by atoms with Crippen LogP contribution in [0.1, 0.15) is 108 Å². The fraction of sp³-hybridized carbons (Fsp3) is 0.455. The first-order valence-corrected chi connectivity index (χ1v) is 21.7. The number of hydrogen-bond donors (Lipinski definition) is 0. The molecule has 4 aromatic carbocycles. The van der Waals surface area contributed by atoms with Crippen LogP contribution in [0, 0.1) is 40.5 Å². The molecule has 296 valence electrons. The van der Waals surface area contributed by atoms with Gasteiger partial charge in [-0.05, 0) is 162 Å². The van der Waals surface area contributed by atoms with Crippen molar-refractivity contribution in [3.05, 3.63) is 117 Å². The molecule has 0 saturated heterocycles. The molecule has 2 fully saturated rings. The highest BCUT2D eigenvalue weighted by atomic mass is 31.1. The summed E-state index contributed by atoms with van der Waals surface area (Å²) in [6.07, 6.45) is -10.0. The van der Waals surface area contributed by atoms with Gasteiger partial charge in [0.25, 0.3) is 0 Å². The zero-order valence-corrected chi connectivity index (χ0v) is 33.7. The van der Waals surface area contributed by atoms with E-state index in [9.17, 15) is 39.5 Å². The predicted octanol–water partition coefficient (Wildman–Crippen LogP) is 13.1. The summed E-state index contributed by atoms with van der Waals surface area (Å²) in [4.78, 5) is 0. The predicted molar refractivity (Wildman–Crippen MR) is 209 cm³/mol. The van der Waals surface area contributed by atoms with Crippen molar-refractivity contribution >= 4 is 37.1 Å². The molecule has 0 heterocycles. The summed E-state index contributed by atoms with van der Waals surface area (Å²) in [5.74, 6) is -0.316. The van der Waals surface area contributed by atoms with Crippen LogP contribution in [0.25, 0.3) is 0 Å². The monoisotopic (exact) mass is 808 g/mol. The molecule has 55 heavy (non-hydrogen) atoms. The SMILES string of the molecule is Cc1cc(C)cc(P(c2cc(C)cc(C)c2)C(C)C2CCCC2P(c2cc(C(F)(F)F)cc(C(F)(F)F)c2)c2cc(C(F)(F)F)cc(C)c2C2CCCC2)c1. The molecule has 0 nitrogen and oxygen atoms in total. The summed E-state index contributed by atoms with van der Waals surface area (Å²) in [6, 6.07) is 16.7. The molecule has 4 unspecified atom stereocenters. The van der Waals surface area contributed by atoms with E-state index in [1.54, 1.807) is 6.92 Å². The van der Waals surface area contributed by atoms with Crippen molar-refractivity contribution in [2.75, 3.05) is 0 Å². The molecule has 0 aliphatic heterocycles. The van der Waals surface area contributed by atoms with E-state index >= 15 is 0 Å². The lowest BCUT2D eigenvalue weighted by Crippen LogP contribution is -2.35. The number of benzene rings is 4. The van der Waals surface area contributed by atoms with Crippen molar-refractivity contribution in [3.63, 3.8) is 0 Å². The normalized spacial score (nSPS) is 19.7. The summed E-state index contributed by atoms with van der Waals surface area (Å²) in [5.41, 5.74) is 1.02. The number of rotatable bonds is 8. The highest BCUT2D eigenvalue weighted by molar-refractivity contribution is 7.74. The van der Waals surface area contributed by atoms with Crippen LogP contribution in [0.4, 0.5) is 39.5 Å². The van der Waals surface area contributed by atoms with E-state index in [0.717, 1.165) is 70.0 Å². The molecule has 11 heteroatoms. The molecular weight excluding hydrogens is 761 g/mol. The van der Waals surface area contributed by atoms with Gasteiger partial charge in [0.15, 0.2) is 0 Å². The van der Waals surface area contributed by atoms with Crippen LogP contribution in [0.5, 0.6) is 0 Å². The van der Waals surface area contributed by atoms with Gasteiger partial charge in [-0.1, -0.05) is 84.8 Å². The van der Waals surface area contributed by atoms with E-state index in [1.165, 1.54) is 0 Å². The van der Waals surface area contributed by atoms with Crippen LogP contribution in [-0.2, 0) is 18.5 Å². The second-order valence-electron chi connectivity index (χ2n) is 15.8. The Hall–Kier alpha value is -2.89. The maximum atomic E-state index is 14.7. The third-order valence-electron chi connectivity index (χ3n) is 11.4. The molecule has 6 rings (SSSR count). The lowest BCUT2D eigenvalue weighted by atomic mass is 9.92. The highest BCUT2D eigenvalue weighted by Gasteiger charge is 2.45. The molecule has 0 N–H and O–H groups in total. The number of halogens is 9. The lowest BCUT2D eigenvalue weighted by Gasteiger charge is -2.39. The van der Waals surface area contributed by atoms with Gasteiger partial charge in [-0.2, -0.15) is 39.5 Å². The summed E-state index contributed by atoms with van der Waals surface area (Å²) >= 11 is 0. The number of aryl methyl sites for hydroxylation is 5. The Balaban J connectivity index is 1.63. The van der Waals surface area contributed by atoms with Crippen molar-refractivity contribution in [1.82, 2.24) is 0 Å². The second-order valence-corrected chi connectivity index (χ2v) is 20.8. The molecule has 4 aromatic rings. The van der Waals surface area contributed by atoms with E-state index in [2.05, 4.69) is 43.3 Å². The zero-order chi connectivity index (χ0) is 40.2. The van der Waals surface area contributed by atoms with Crippen LogP contribution in [0.15, 0.2) is 66.7 Å². The Kier molecular flexibility index (Phi) is 12.0. The Labute approximate surface area is 320 Å². The molecule has 0 radical (unpaired) electrons. The summed E-state index contributed by atoms with van der Waals surface area (Å²) < 4.78 is 131. The first-order valence-electron chi connectivity index (χ1n) is 18.9. The van der Waals surface area contributed by atoms with Crippen molar-refractivity contribution in [1.29, 1.82) is 0 Å². The van der Waals surface area contributed by atoms with Crippen LogP contribution in [0.3, 0.4) is 0 Å². The minimum atomic E-state index is -5.10. The molecule has 2 aliphatic rings. The maximum absolute atomic E-state index is 14.7. The van der Waals surface area contributed by atoms with E-state index in [1.807, 2.05) is 27.7 Å². The van der Waals surface area contributed by atoms with E-state index in [-0.39, 0.29) is 34.2 Å². The average Bonchev–Trinajstić information content (AvgIpc) is 3.76. The van der Waals surface area contributed by atoms with Gasteiger partial charge in [0.05, 0.1) is 16.7 Å². The van der Waals surface area contributed by atoms with Gasteiger partial charge < -0.3 is 0 Å². The molecular formula is C44H47F9P2. The molecule has 2 aliphatic carbocycles. The summed E-state index contributed by atoms with van der Waals surface area (Å²) in [7, 11) is -3.25. The Morgan fingerprint density at radius 2 is 0.964 bits per heavy atom. The van der Waals surface area contributed by atoms with Gasteiger partial charge in [0.2, 0.25) is 0 Å². The van der Waals surface area contributed by atoms with Crippen molar-refractivity contribution in [3.8, 4) is 0 Å². The standard InChI is InChI=1S/C44H47F9P2/c1-25-14-26(2)17-35(16-25)54(36-18-27(3)15-28(4)19-36)30(6)38-12-9-13-39(38)55(37-22-33(43(48,49)50)21-34(23-37)44(51,52)53)40-24-32(42(45,46)47)20-29(5)41(40)31-10-7-8-11-31/h14-24,30-31,38-39H,7-13H2,1-6H3. The van der Waals surface area contributed by atoms with Gasteiger partial charge in [-0.3, -0.25) is 0 Å². The van der Waals surface area contributed by atoms with Crippen LogP contribution in [0.2, 0.25) is 0 Å². The largest absolute Gasteiger partial charge is 0.416 e. The highest BCUT2D eigenvalue weighted by Crippen LogP contribution is 2.58. The van der Waals surface area contributed by atoms with Crippen molar-refractivity contribution in [2.45, 2.75) is 122 Å². The van der Waals surface area contributed by atoms with Crippen molar-refractivity contribution < 1.29 is 39.5 Å². The second kappa shape index (κ2) is 15.8. The molecule has 0 spiro atoms. The third-order valence-corrected chi connectivity index (χ3v) is 17.3. The summed E-state index contributed by atoms with van der Waals surface area (Å²) in [5, 5.41) is 2.37.